The molecule has 2 aromatic rings. The van der Waals surface area contributed by atoms with Crippen LogP contribution in [0.5, 0.6) is 0 Å². The fraction of sp³-hybridized carbons (Fsp3) is 0.333. The van der Waals surface area contributed by atoms with E-state index in [0.717, 1.165) is 0 Å². The van der Waals surface area contributed by atoms with Gasteiger partial charge in [0, 0.05) is 13.0 Å². The van der Waals surface area contributed by atoms with Crippen LogP contribution in [0.3, 0.4) is 0 Å². The Kier molecular flexibility index (Phi) is 3.33. The highest BCUT2D eigenvalue weighted by Gasteiger charge is 2.18. The molecule has 0 amide bonds. The minimum absolute atomic E-state index is 0.0177. The minimum Gasteiger partial charge on any atom is -0.478 e. The van der Waals surface area contributed by atoms with Gasteiger partial charge in [0.05, 0.1) is 29.0 Å². The first-order chi connectivity index (χ1) is 9.06. The second-order valence-electron chi connectivity index (χ2n) is 4.16. The van der Waals surface area contributed by atoms with Crippen molar-refractivity contribution in [2.75, 3.05) is 5.73 Å². The molecule has 0 spiro atoms. The zero-order valence-electron chi connectivity index (χ0n) is 10.4. The topological polar surface area (TPSA) is 118 Å². The average Bonchev–Trinajstić information content (AvgIpc) is 2.72. The minimum atomic E-state index is -1.10. The number of aromatic nitrogens is 3. The maximum Gasteiger partial charge on any atom is 0.339 e. The summed E-state index contributed by atoms with van der Waals surface area (Å²) < 4.78 is 1.64. The van der Waals surface area contributed by atoms with Crippen LogP contribution in [-0.4, -0.2) is 25.8 Å². The zero-order valence-corrected chi connectivity index (χ0v) is 10.4. The number of anilines is 1. The predicted octanol–water partition coefficient (Wildman–Crippen LogP) is 1.32. The molecule has 0 fully saturated rings. The fourth-order valence-electron chi connectivity index (χ4n) is 1.97. The molecule has 0 aromatic carbocycles. The summed E-state index contributed by atoms with van der Waals surface area (Å²) in [5, 5.41) is 22.3. The molecule has 7 heteroatoms. The maximum absolute atomic E-state index is 11.1. The van der Waals surface area contributed by atoms with Gasteiger partial charge in [-0.2, -0.15) is 10.4 Å². The third-order valence-corrected chi connectivity index (χ3v) is 2.88. The Balaban J connectivity index is 2.51. The number of pyridine rings is 1. The number of nitriles is 1. The summed E-state index contributed by atoms with van der Waals surface area (Å²) in [6.07, 6.45) is 2.60. The molecule has 0 aliphatic rings. The van der Waals surface area contributed by atoms with E-state index < -0.39 is 5.97 Å². The summed E-state index contributed by atoms with van der Waals surface area (Å²) in [7, 11) is 0. The molecule has 0 unspecified atom stereocenters. The molecule has 0 aliphatic heterocycles. The van der Waals surface area contributed by atoms with Crippen LogP contribution in [0, 0.1) is 18.3 Å². The SMILES string of the molecule is Cc1nc2c(cnn2CCCC#N)c(N)c1C(=O)O. The summed E-state index contributed by atoms with van der Waals surface area (Å²) in [4.78, 5) is 15.4. The van der Waals surface area contributed by atoms with E-state index in [1.807, 2.05) is 0 Å². The number of fused-ring (bicyclic) bond motifs is 1. The van der Waals surface area contributed by atoms with Gasteiger partial charge >= 0.3 is 5.97 Å². The molecule has 0 saturated carbocycles. The van der Waals surface area contributed by atoms with Crippen molar-refractivity contribution in [3.63, 3.8) is 0 Å². The Bertz CT molecular complexity index is 683. The highest BCUT2D eigenvalue weighted by atomic mass is 16.4. The third-order valence-electron chi connectivity index (χ3n) is 2.88. The van der Waals surface area contributed by atoms with Gasteiger partial charge in [0.15, 0.2) is 5.65 Å². The summed E-state index contributed by atoms with van der Waals surface area (Å²) >= 11 is 0. The van der Waals surface area contributed by atoms with Crippen LogP contribution in [-0.2, 0) is 6.54 Å². The van der Waals surface area contributed by atoms with E-state index in [1.54, 1.807) is 11.6 Å². The molecule has 7 nitrogen and oxygen atoms in total. The van der Waals surface area contributed by atoms with Crippen molar-refractivity contribution < 1.29 is 9.90 Å². The quantitative estimate of drug-likeness (QED) is 0.799. The number of aromatic carboxylic acids is 1. The smallest absolute Gasteiger partial charge is 0.339 e. The normalized spacial score (nSPS) is 10.5. The van der Waals surface area contributed by atoms with Crippen molar-refractivity contribution in [2.45, 2.75) is 26.3 Å². The first kappa shape index (κ1) is 12.8. The van der Waals surface area contributed by atoms with E-state index >= 15 is 0 Å². The van der Waals surface area contributed by atoms with E-state index in [2.05, 4.69) is 16.2 Å². The number of carboxylic acids is 1. The van der Waals surface area contributed by atoms with E-state index in [-0.39, 0.29) is 11.3 Å². The van der Waals surface area contributed by atoms with Gasteiger partial charge in [-0.1, -0.05) is 0 Å². The lowest BCUT2D eigenvalue weighted by atomic mass is 10.1. The Morgan fingerprint density at radius 2 is 2.37 bits per heavy atom. The maximum atomic E-state index is 11.1. The van der Waals surface area contributed by atoms with Crippen molar-refractivity contribution in [2.24, 2.45) is 0 Å². The van der Waals surface area contributed by atoms with Crippen LogP contribution in [0.4, 0.5) is 5.69 Å². The van der Waals surface area contributed by atoms with Crippen molar-refractivity contribution >= 4 is 22.7 Å². The van der Waals surface area contributed by atoms with Gasteiger partial charge in [-0.3, -0.25) is 0 Å². The number of unbranched alkanes of at least 4 members (excludes halogenated alkanes) is 1. The fourth-order valence-corrected chi connectivity index (χ4v) is 1.97. The molecule has 0 bridgehead atoms. The summed E-state index contributed by atoms with van der Waals surface area (Å²) in [6.45, 7) is 2.15. The van der Waals surface area contributed by atoms with Crippen LogP contribution in [0.15, 0.2) is 6.20 Å². The number of carbonyl (C=O) groups is 1. The number of rotatable bonds is 4. The summed E-state index contributed by atoms with van der Waals surface area (Å²) in [6, 6.07) is 2.06. The standard InChI is InChI=1S/C12H13N5O2/c1-7-9(12(18)19)10(14)8-6-15-17(11(8)16-7)5-3-2-4-13/h6H,2-3,5H2,1H3,(H2,14,16)(H,18,19). The average molecular weight is 259 g/mol. The molecular formula is C12H13N5O2. The monoisotopic (exact) mass is 259 g/mol. The van der Waals surface area contributed by atoms with Gasteiger partial charge in [-0.25, -0.2) is 14.5 Å². The van der Waals surface area contributed by atoms with E-state index in [9.17, 15) is 4.79 Å². The molecule has 98 valence electrons. The Morgan fingerprint density at radius 1 is 1.63 bits per heavy atom. The molecule has 19 heavy (non-hydrogen) atoms. The van der Waals surface area contributed by atoms with Crippen LogP contribution in [0.25, 0.3) is 11.0 Å². The zero-order chi connectivity index (χ0) is 14.0. The molecule has 0 atom stereocenters. The number of hydrogen-bond acceptors (Lipinski definition) is 5. The van der Waals surface area contributed by atoms with Crippen molar-refractivity contribution in [1.82, 2.24) is 14.8 Å². The van der Waals surface area contributed by atoms with Gasteiger partial charge in [-0.15, -0.1) is 0 Å². The van der Waals surface area contributed by atoms with E-state index in [4.69, 9.17) is 16.1 Å². The predicted molar refractivity (Wildman–Crippen MR) is 68.5 cm³/mol. The number of nitrogen functional groups attached to an aromatic ring is 1. The Labute approximate surface area is 109 Å². The molecular weight excluding hydrogens is 246 g/mol. The highest BCUT2D eigenvalue weighted by Crippen LogP contribution is 2.25. The van der Waals surface area contributed by atoms with Crippen LogP contribution in [0.2, 0.25) is 0 Å². The number of nitrogens with zero attached hydrogens (tertiary/aromatic N) is 4. The van der Waals surface area contributed by atoms with Crippen LogP contribution < -0.4 is 5.73 Å². The molecule has 0 radical (unpaired) electrons. The van der Waals surface area contributed by atoms with E-state index in [1.165, 1.54) is 6.20 Å². The van der Waals surface area contributed by atoms with Crippen molar-refractivity contribution in [3.8, 4) is 6.07 Å². The van der Waals surface area contributed by atoms with E-state index in [0.29, 0.717) is 36.1 Å². The van der Waals surface area contributed by atoms with Gasteiger partial charge in [-0.05, 0) is 13.3 Å². The van der Waals surface area contributed by atoms with Crippen molar-refractivity contribution in [1.29, 1.82) is 5.26 Å². The summed E-state index contributed by atoms with van der Waals surface area (Å²) in [5.41, 5.74) is 6.98. The van der Waals surface area contributed by atoms with Crippen LogP contribution in [0.1, 0.15) is 28.9 Å². The molecule has 2 rings (SSSR count). The lowest BCUT2D eigenvalue weighted by Crippen LogP contribution is -2.09. The lowest BCUT2D eigenvalue weighted by Gasteiger charge is -2.07. The first-order valence-electron chi connectivity index (χ1n) is 5.78. The first-order valence-corrected chi connectivity index (χ1v) is 5.78. The number of carboxylic acid groups (broad SMARTS) is 1. The Hall–Kier alpha value is -2.62. The largest absolute Gasteiger partial charge is 0.478 e. The van der Waals surface area contributed by atoms with Gasteiger partial charge in [0.2, 0.25) is 0 Å². The second-order valence-corrected chi connectivity index (χ2v) is 4.16. The number of nitrogens with two attached hydrogens (primary N) is 1. The molecule has 0 aliphatic carbocycles. The Morgan fingerprint density at radius 3 is 3.00 bits per heavy atom. The van der Waals surface area contributed by atoms with Gasteiger partial charge in [0.1, 0.15) is 5.56 Å². The highest BCUT2D eigenvalue weighted by molar-refractivity contribution is 6.03. The summed E-state index contributed by atoms with van der Waals surface area (Å²) in [5.74, 6) is -1.10. The number of aryl methyl sites for hydroxylation is 2. The van der Waals surface area contributed by atoms with Crippen molar-refractivity contribution in [3.05, 3.63) is 17.5 Å². The molecule has 0 saturated heterocycles. The number of hydrogen-bond donors (Lipinski definition) is 2. The molecule has 2 aromatic heterocycles. The molecule has 2 heterocycles. The molecule has 3 N–H and O–H groups in total. The van der Waals surface area contributed by atoms with Gasteiger partial charge < -0.3 is 10.8 Å². The van der Waals surface area contributed by atoms with Gasteiger partial charge in [0.25, 0.3) is 0 Å². The van der Waals surface area contributed by atoms with Crippen LogP contribution >= 0.6 is 0 Å². The second kappa shape index (κ2) is 4.94. The lowest BCUT2D eigenvalue weighted by molar-refractivity contribution is 0.0697. The third kappa shape index (κ3) is 2.20.